The van der Waals surface area contributed by atoms with E-state index >= 15 is 0 Å². The number of hydrogen-bond acceptors (Lipinski definition) is 3. The van der Waals surface area contributed by atoms with Gasteiger partial charge in [0.25, 0.3) is 0 Å². The summed E-state index contributed by atoms with van der Waals surface area (Å²) in [5.41, 5.74) is 2.45. The minimum Gasteiger partial charge on any atom is -0.453 e. The van der Waals surface area contributed by atoms with Crippen LogP contribution in [0.5, 0.6) is 0 Å². The lowest BCUT2D eigenvalue weighted by molar-refractivity contribution is 0.110. The number of carbonyl (C=O) groups is 1. The predicted octanol–water partition coefficient (Wildman–Crippen LogP) is 2.91. The molecule has 3 aromatic rings. The quantitative estimate of drug-likeness (QED) is 0.714. The van der Waals surface area contributed by atoms with Gasteiger partial charge < -0.3 is 9.40 Å². The van der Waals surface area contributed by atoms with Crippen LogP contribution in [0, 0.1) is 6.92 Å². The third-order valence-corrected chi connectivity index (χ3v) is 3.08. The Bertz CT molecular complexity index is 827. The van der Waals surface area contributed by atoms with E-state index in [9.17, 15) is 9.59 Å². The summed E-state index contributed by atoms with van der Waals surface area (Å²) >= 11 is 0. The molecule has 1 N–H and O–H groups in total. The monoisotopic (exact) mass is 253 g/mol. The molecule has 0 bridgehead atoms. The molecule has 0 atom stereocenters. The SMILES string of the molecule is Cc1cc(=O)[nH]c2ccc(-c3ccc(C=O)o3)cc12. The maximum atomic E-state index is 11.4. The van der Waals surface area contributed by atoms with Crippen molar-refractivity contribution in [3.63, 3.8) is 0 Å². The van der Waals surface area contributed by atoms with Crippen molar-refractivity contribution in [3.8, 4) is 11.3 Å². The van der Waals surface area contributed by atoms with Crippen molar-refractivity contribution in [3.05, 3.63) is 58.1 Å². The van der Waals surface area contributed by atoms with Crippen LogP contribution in [0.25, 0.3) is 22.2 Å². The van der Waals surface area contributed by atoms with Crippen LogP contribution in [0.1, 0.15) is 16.1 Å². The van der Waals surface area contributed by atoms with E-state index in [1.165, 1.54) is 0 Å². The Balaban J connectivity index is 2.21. The first-order chi connectivity index (χ1) is 9.17. The van der Waals surface area contributed by atoms with E-state index in [0.29, 0.717) is 17.8 Å². The topological polar surface area (TPSA) is 63.1 Å². The van der Waals surface area contributed by atoms with Gasteiger partial charge in [0, 0.05) is 22.5 Å². The Morgan fingerprint density at radius 2 is 2.00 bits per heavy atom. The van der Waals surface area contributed by atoms with Crippen LogP contribution in [0.4, 0.5) is 0 Å². The number of furan rings is 1. The third kappa shape index (κ3) is 1.97. The summed E-state index contributed by atoms with van der Waals surface area (Å²) in [5, 5.41) is 0.959. The van der Waals surface area contributed by atoms with Gasteiger partial charge in [-0.25, -0.2) is 0 Å². The van der Waals surface area contributed by atoms with E-state index in [4.69, 9.17) is 4.42 Å². The Morgan fingerprint density at radius 3 is 2.74 bits per heavy atom. The molecule has 1 aromatic carbocycles. The standard InChI is InChI=1S/C15H11NO3/c1-9-6-15(18)16-13-4-2-10(7-12(9)13)14-5-3-11(8-17)19-14/h2-8H,1H3,(H,16,18). The lowest BCUT2D eigenvalue weighted by Crippen LogP contribution is -2.04. The van der Waals surface area contributed by atoms with Gasteiger partial charge in [-0.1, -0.05) is 0 Å². The summed E-state index contributed by atoms with van der Waals surface area (Å²) in [4.78, 5) is 24.8. The molecule has 19 heavy (non-hydrogen) atoms. The Morgan fingerprint density at radius 1 is 1.16 bits per heavy atom. The maximum absolute atomic E-state index is 11.4. The van der Waals surface area contributed by atoms with Gasteiger partial charge in [0.2, 0.25) is 5.56 Å². The molecule has 0 spiro atoms. The fourth-order valence-corrected chi connectivity index (χ4v) is 2.15. The second kappa shape index (κ2) is 4.24. The number of rotatable bonds is 2. The number of hydrogen-bond donors (Lipinski definition) is 1. The van der Waals surface area contributed by atoms with Gasteiger partial charge in [-0.15, -0.1) is 0 Å². The van der Waals surface area contributed by atoms with Crippen LogP contribution >= 0.6 is 0 Å². The molecule has 94 valence electrons. The van der Waals surface area contributed by atoms with Crippen molar-refractivity contribution in [1.29, 1.82) is 0 Å². The lowest BCUT2D eigenvalue weighted by Gasteiger charge is -2.03. The number of aromatic amines is 1. The van der Waals surface area contributed by atoms with Crippen LogP contribution in [0.15, 0.2) is 45.6 Å². The van der Waals surface area contributed by atoms with Crippen molar-refractivity contribution in [2.45, 2.75) is 6.92 Å². The maximum Gasteiger partial charge on any atom is 0.248 e. The molecular formula is C15H11NO3. The number of nitrogens with one attached hydrogen (secondary N) is 1. The summed E-state index contributed by atoms with van der Waals surface area (Å²) in [7, 11) is 0. The normalized spacial score (nSPS) is 10.8. The van der Waals surface area contributed by atoms with Crippen molar-refractivity contribution in [2.24, 2.45) is 0 Å². The number of aldehydes is 1. The molecule has 0 amide bonds. The molecule has 3 rings (SSSR count). The summed E-state index contributed by atoms with van der Waals surface area (Å²) in [6.45, 7) is 1.89. The molecule has 0 saturated heterocycles. The minimum atomic E-state index is -0.112. The van der Waals surface area contributed by atoms with Gasteiger partial charge in [-0.05, 0) is 42.8 Å². The number of H-pyrrole nitrogens is 1. The van der Waals surface area contributed by atoms with Crippen LogP contribution in [-0.2, 0) is 0 Å². The first kappa shape index (κ1) is 11.5. The second-order valence-electron chi connectivity index (χ2n) is 4.40. The molecule has 0 saturated carbocycles. The summed E-state index contributed by atoms with van der Waals surface area (Å²) in [5.74, 6) is 0.933. The number of pyridine rings is 1. The number of fused-ring (bicyclic) bond motifs is 1. The lowest BCUT2D eigenvalue weighted by atomic mass is 10.1. The summed E-state index contributed by atoms with van der Waals surface area (Å²) in [6.07, 6.45) is 0.674. The van der Waals surface area contributed by atoms with Crippen molar-refractivity contribution >= 4 is 17.2 Å². The molecule has 0 aliphatic rings. The van der Waals surface area contributed by atoms with Gasteiger partial charge >= 0.3 is 0 Å². The molecular weight excluding hydrogens is 242 g/mol. The Kier molecular flexibility index (Phi) is 2.56. The van der Waals surface area contributed by atoms with Crippen LogP contribution in [0.2, 0.25) is 0 Å². The fraction of sp³-hybridized carbons (Fsp3) is 0.0667. The average molecular weight is 253 g/mol. The van der Waals surface area contributed by atoms with Gasteiger partial charge in [0.1, 0.15) is 5.76 Å². The first-order valence-electron chi connectivity index (χ1n) is 5.86. The fourth-order valence-electron chi connectivity index (χ4n) is 2.15. The van der Waals surface area contributed by atoms with Gasteiger partial charge in [-0.3, -0.25) is 9.59 Å². The third-order valence-electron chi connectivity index (χ3n) is 3.08. The Labute approximate surface area is 108 Å². The molecule has 4 nitrogen and oxygen atoms in total. The van der Waals surface area contributed by atoms with Crippen LogP contribution in [0.3, 0.4) is 0 Å². The van der Waals surface area contributed by atoms with Crippen molar-refractivity contribution < 1.29 is 9.21 Å². The highest BCUT2D eigenvalue weighted by atomic mass is 16.3. The van der Waals surface area contributed by atoms with Crippen LogP contribution < -0.4 is 5.56 Å². The first-order valence-corrected chi connectivity index (χ1v) is 5.86. The molecule has 2 aromatic heterocycles. The number of benzene rings is 1. The average Bonchev–Trinajstić information content (AvgIpc) is 2.87. The molecule has 0 radical (unpaired) electrons. The molecule has 4 heteroatoms. The zero-order chi connectivity index (χ0) is 13.4. The second-order valence-corrected chi connectivity index (χ2v) is 4.40. The molecule has 0 aliphatic heterocycles. The number of aryl methyl sites for hydroxylation is 1. The highest BCUT2D eigenvalue weighted by Gasteiger charge is 2.07. The largest absolute Gasteiger partial charge is 0.453 e. The van der Waals surface area contributed by atoms with E-state index in [2.05, 4.69) is 4.98 Å². The van der Waals surface area contributed by atoms with Gasteiger partial charge in [0.15, 0.2) is 12.0 Å². The predicted molar refractivity (Wildman–Crippen MR) is 72.4 cm³/mol. The zero-order valence-electron chi connectivity index (χ0n) is 10.3. The minimum absolute atomic E-state index is 0.112. The molecule has 0 unspecified atom stereocenters. The van der Waals surface area contributed by atoms with Gasteiger partial charge in [-0.2, -0.15) is 0 Å². The molecule has 2 heterocycles. The summed E-state index contributed by atoms with van der Waals surface area (Å²) in [6, 6.07) is 10.6. The van der Waals surface area contributed by atoms with E-state index < -0.39 is 0 Å². The number of carbonyl (C=O) groups excluding carboxylic acids is 1. The van der Waals surface area contributed by atoms with Crippen molar-refractivity contribution in [1.82, 2.24) is 4.98 Å². The molecule has 0 aliphatic carbocycles. The highest BCUT2D eigenvalue weighted by Crippen LogP contribution is 2.26. The van der Waals surface area contributed by atoms with Crippen LogP contribution in [-0.4, -0.2) is 11.3 Å². The van der Waals surface area contributed by atoms with E-state index in [1.54, 1.807) is 18.2 Å². The smallest absolute Gasteiger partial charge is 0.248 e. The Hall–Kier alpha value is -2.62. The zero-order valence-corrected chi connectivity index (χ0v) is 10.3. The molecule has 0 fully saturated rings. The highest BCUT2D eigenvalue weighted by molar-refractivity contribution is 5.86. The van der Waals surface area contributed by atoms with Gasteiger partial charge in [0.05, 0.1) is 0 Å². The van der Waals surface area contributed by atoms with E-state index in [1.807, 2.05) is 25.1 Å². The van der Waals surface area contributed by atoms with E-state index in [0.717, 1.165) is 22.0 Å². The van der Waals surface area contributed by atoms with E-state index in [-0.39, 0.29) is 5.56 Å². The van der Waals surface area contributed by atoms with Crippen molar-refractivity contribution in [2.75, 3.05) is 0 Å². The summed E-state index contributed by atoms with van der Waals surface area (Å²) < 4.78 is 5.39. The number of aromatic nitrogens is 1.